The highest BCUT2D eigenvalue weighted by molar-refractivity contribution is 5.82. The van der Waals surface area contributed by atoms with Gasteiger partial charge in [-0.25, -0.2) is 9.59 Å². The zero-order valence-corrected chi connectivity index (χ0v) is 13.0. The van der Waals surface area contributed by atoms with E-state index in [1.807, 2.05) is 24.3 Å². The molecule has 1 fully saturated rings. The summed E-state index contributed by atoms with van der Waals surface area (Å²) in [5.41, 5.74) is 4.62. The molecule has 0 spiro atoms. The van der Waals surface area contributed by atoms with Gasteiger partial charge in [0.05, 0.1) is 0 Å². The highest BCUT2D eigenvalue weighted by atomic mass is 16.6. The molecule has 122 valence electrons. The van der Waals surface area contributed by atoms with Crippen LogP contribution in [0.1, 0.15) is 23.5 Å². The molecule has 1 aliphatic heterocycles. The molecular formula is C19H17NO4. The molecule has 5 nitrogen and oxygen atoms in total. The Morgan fingerprint density at radius 1 is 1.04 bits per heavy atom. The highest BCUT2D eigenvalue weighted by Gasteiger charge is 2.39. The van der Waals surface area contributed by atoms with E-state index < -0.39 is 18.1 Å². The van der Waals surface area contributed by atoms with Crippen molar-refractivity contribution >= 4 is 12.1 Å². The molecule has 24 heavy (non-hydrogen) atoms. The third-order valence-corrected chi connectivity index (χ3v) is 4.88. The number of carbonyl (C=O) groups excluding carboxylic acids is 1. The molecule has 2 aliphatic rings. The number of likely N-dealkylation sites (tertiary alicyclic amines) is 1. The van der Waals surface area contributed by atoms with E-state index in [-0.39, 0.29) is 12.5 Å². The second-order valence-corrected chi connectivity index (χ2v) is 6.14. The van der Waals surface area contributed by atoms with Gasteiger partial charge in [0.2, 0.25) is 0 Å². The summed E-state index contributed by atoms with van der Waals surface area (Å²) in [6.07, 6.45) is -0.0602. The van der Waals surface area contributed by atoms with E-state index in [1.54, 1.807) is 0 Å². The van der Waals surface area contributed by atoms with Crippen molar-refractivity contribution in [2.45, 2.75) is 18.4 Å². The zero-order valence-electron chi connectivity index (χ0n) is 13.0. The summed E-state index contributed by atoms with van der Waals surface area (Å²) >= 11 is 0. The zero-order chi connectivity index (χ0) is 16.7. The lowest BCUT2D eigenvalue weighted by Crippen LogP contribution is -2.55. The maximum Gasteiger partial charge on any atom is 0.410 e. The third kappa shape index (κ3) is 2.24. The van der Waals surface area contributed by atoms with Crippen LogP contribution in [0.3, 0.4) is 0 Å². The number of nitrogens with zero attached hydrogens (tertiary/aromatic N) is 1. The lowest BCUT2D eigenvalue weighted by Gasteiger charge is -2.37. The molecule has 0 unspecified atom stereocenters. The van der Waals surface area contributed by atoms with Crippen molar-refractivity contribution in [2.24, 2.45) is 0 Å². The van der Waals surface area contributed by atoms with Crippen molar-refractivity contribution < 1.29 is 19.4 Å². The predicted octanol–water partition coefficient (Wildman–Crippen LogP) is 3.09. The summed E-state index contributed by atoms with van der Waals surface area (Å²) in [5, 5.41) is 9.04. The van der Waals surface area contributed by atoms with Crippen LogP contribution in [-0.2, 0) is 9.53 Å². The summed E-state index contributed by atoms with van der Waals surface area (Å²) in [4.78, 5) is 24.5. The van der Waals surface area contributed by atoms with Gasteiger partial charge in [0.25, 0.3) is 0 Å². The number of fused-ring (bicyclic) bond motifs is 3. The molecule has 0 bridgehead atoms. The largest absolute Gasteiger partial charge is 0.480 e. The van der Waals surface area contributed by atoms with Crippen LogP contribution in [-0.4, -0.2) is 41.3 Å². The van der Waals surface area contributed by atoms with Crippen LogP contribution in [0.4, 0.5) is 4.79 Å². The van der Waals surface area contributed by atoms with Gasteiger partial charge >= 0.3 is 12.1 Å². The average Bonchev–Trinajstić information content (AvgIpc) is 2.85. The van der Waals surface area contributed by atoms with Crippen LogP contribution >= 0.6 is 0 Å². The van der Waals surface area contributed by atoms with Gasteiger partial charge in [0.1, 0.15) is 12.6 Å². The minimum absolute atomic E-state index is 0.00842. The van der Waals surface area contributed by atoms with Gasteiger partial charge in [0, 0.05) is 12.5 Å². The molecule has 1 amide bonds. The third-order valence-electron chi connectivity index (χ3n) is 4.88. The van der Waals surface area contributed by atoms with E-state index in [2.05, 4.69) is 24.3 Å². The molecule has 0 saturated carbocycles. The van der Waals surface area contributed by atoms with Crippen molar-refractivity contribution in [3.05, 3.63) is 59.7 Å². The van der Waals surface area contributed by atoms with Gasteiger partial charge in [-0.3, -0.25) is 4.90 Å². The number of hydrogen-bond acceptors (Lipinski definition) is 3. The summed E-state index contributed by atoms with van der Waals surface area (Å²) < 4.78 is 5.45. The van der Waals surface area contributed by atoms with Gasteiger partial charge in [-0.15, -0.1) is 0 Å². The maximum atomic E-state index is 12.2. The summed E-state index contributed by atoms with van der Waals surface area (Å²) in [7, 11) is 0. The highest BCUT2D eigenvalue weighted by Crippen LogP contribution is 2.44. The van der Waals surface area contributed by atoms with Crippen LogP contribution in [0.5, 0.6) is 0 Å². The van der Waals surface area contributed by atoms with Crippen molar-refractivity contribution in [3.63, 3.8) is 0 Å². The minimum Gasteiger partial charge on any atom is -0.480 e. The Bertz CT molecular complexity index is 771. The molecule has 2 aromatic rings. The van der Waals surface area contributed by atoms with E-state index in [0.29, 0.717) is 13.0 Å². The van der Waals surface area contributed by atoms with Gasteiger partial charge in [0.15, 0.2) is 0 Å². The minimum atomic E-state index is -0.977. The second kappa shape index (κ2) is 5.67. The van der Waals surface area contributed by atoms with Gasteiger partial charge < -0.3 is 9.84 Å². The Kier molecular flexibility index (Phi) is 3.49. The van der Waals surface area contributed by atoms with Crippen molar-refractivity contribution in [1.29, 1.82) is 0 Å². The van der Waals surface area contributed by atoms with Crippen LogP contribution in [0.2, 0.25) is 0 Å². The lowest BCUT2D eigenvalue weighted by molar-refractivity contribution is -0.146. The number of amides is 1. The molecule has 1 saturated heterocycles. The second-order valence-electron chi connectivity index (χ2n) is 6.14. The van der Waals surface area contributed by atoms with Crippen LogP contribution in [0, 0.1) is 0 Å². The number of benzene rings is 2. The fraction of sp³-hybridized carbons (Fsp3) is 0.263. The first-order chi connectivity index (χ1) is 11.7. The molecule has 5 heteroatoms. The predicted molar refractivity (Wildman–Crippen MR) is 87.8 cm³/mol. The Labute approximate surface area is 139 Å². The van der Waals surface area contributed by atoms with Gasteiger partial charge in [-0.05, 0) is 28.7 Å². The molecule has 1 aliphatic carbocycles. The van der Waals surface area contributed by atoms with E-state index in [9.17, 15) is 9.59 Å². The number of carbonyl (C=O) groups is 2. The number of hydrogen-bond donors (Lipinski definition) is 1. The molecule has 0 aromatic heterocycles. The number of carboxylic acids is 1. The first kappa shape index (κ1) is 14.8. The maximum absolute atomic E-state index is 12.2. The number of ether oxygens (including phenoxy) is 1. The van der Waals surface area contributed by atoms with Crippen molar-refractivity contribution in [3.8, 4) is 11.1 Å². The number of aliphatic carboxylic acids is 1. The summed E-state index contributed by atoms with van der Waals surface area (Å²) in [6.45, 7) is 0.656. The lowest BCUT2D eigenvalue weighted by atomic mass is 9.98. The fourth-order valence-corrected chi connectivity index (χ4v) is 3.54. The first-order valence-corrected chi connectivity index (χ1v) is 8.01. The van der Waals surface area contributed by atoms with E-state index >= 15 is 0 Å². The van der Waals surface area contributed by atoms with E-state index in [1.165, 1.54) is 16.0 Å². The number of carboxylic acid groups (broad SMARTS) is 1. The Morgan fingerprint density at radius 2 is 1.62 bits per heavy atom. The van der Waals surface area contributed by atoms with Crippen molar-refractivity contribution in [2.75, 3.05) is 13.2 Å². The average molecular weight is 323 g/mol. The SMILES string of the molecule is O=C(O)[C@H]1CCN1C(=O)OCC1c2ccccc2-c2ccccc21. The topological polar surface area (TPSA) is 66.8 Å². The normalized spacial score (nSPS) is 18.5. The molecule has 1 N–H and O–H groups in total. The van der Waals surface area contributed by atoms with Crippen LogP contribution in [0.25, 0.3) is 11.1 Å². The van der Waals surface area contributed by atoms with Crippen LogP contribution in [0.15, 0.2) is 48.5 Å². The summed E-state index contributed by atoms with van der Waals surface area (Å²) in [6, 6.07) is 15.5. The summed E-state index contributed by atoms with van der Waals surface area (Å²) in [5.74, 6) is -0.985. The first-order valence-electron chi connectivity index (χ1n) is 8.01. The Hall–Kier alpha value is -2.82. The van der Waals surface area contributed by atoms with E-state index in [4.69, 9.17) is 9.84 Å². The van der Waals surface area contributed by atoms with Crippen LogP contribution < -0.4 is 0 Å². The molecule has 1 atom stereocenters. The molecule has 4 rings (SSSR count). The number of rotatable bonds is 3. The Morgan fingerprint density at radius 3 is 2.12 bits per heavy atom. The molecule has 2 aromatic carbocycles. The standard InChI is InChI=1S/C19H17NO4/c21-18(22)17-9-10-20(17)19(23)24-11-16-14-7-3-1-5-12(14)13-6-2-4-8-15(13)16/h1-8,16-17H,9-11H2,(H,21,22)/t17-/m1/s1. The molecule has 0 radical (unpaired) electrons. The van der Waals surface area contributed by atoms with Gasteiger partial charge in [-0.1, -0.05) is 48.5 Å². The van der Waals surface area contributed by atoms with Crippen molar-refractivity contribution in [1.82, 2.24) is 4.90 Å². The quantitative estimate of drug-likeness (QED) is 0.942. The smallest absolute Gasteiger partial charge is 0.410 e. The van der Waals surface area contributed by atoms with Gasteiger partial charge in [-0.2, -0.15) is 0 Å². The van der Waals surface area contributed by atoms with E-state index in [0.717, 1.165) is 11.1 Å². The fourth-order valence-electron chi connectivity index (χ4n) is 3.54. The Balaban J connectivity index is 1.53. The monoisotopic (exact) mass is 323 g/mol. The molecule has 1 heterocycles. The molecular weight excluding hydrogens is 306 g/mol.